The van der Waals surface area contributed by atoms with Gasteiger partial charge in [-0.25, -0.2) is 4.79 Å². The number of ketones is 1. The summed E-state index contributed by atoms with van der Waals surface area (Å²) >= 11 is 1.38. The molecule has 1 aromatic carbocycles. The predicted molar refractivity (Wildman–Crippen MR) is 100 cm³/mol. The van der Waals surface area contributed by atoms with E-state index in [-0.39, 0.29) is 35.6 Å². The Morgan fingerprint density at radius 1 is 1.15 bits per heavy atom. The van der Waals surface area contributed by atoms with Crippen LogP contribution in [0.5, 0.6) is 0 Å². The van der Waals surface area contributed by atoms with E-state index in [2.05, 4.69) is 6.58 Å². The smallest absolute Gasteiger partial charge is 0.338 e. The minimum Gasteiger partial charge on any atom is -0.462 e. The van der Waals surface area contributed by atoms with Gasteiger partial charge in [0.15, 0.2) is 5.78 Å². The molecule has 2 aromatic rings. The van der Waals surface area contributed by atoms with Crippen molar-refractivity contribution in [2.45, 2.75) is 12.8 Å². The highest BCUT2D eigenvalue weighted by Gasteiger charge is 2.35. The zero-order chi connectivity index (χ0) is 19.4. The molecule has 0 unspecified atom stereocenters. The first-order chi connectivity index (χ1) is 13.0. The maximum absolute atomic E-state index is 12.3. The first-order valence-corrected chi connectivity index (χ1v) is 9.26. The van der Waals surface area contributed by atoms with Crippen LogP contribution in [0.4, 0.5) is 0 Å². The summed E-state index contributed by atoms with van der Waals surface area (Å²) in [5.74, 6) is -1.43. The number of Topliss-reactive ketones (excluding diaryl/α,β-unsaturated/α-hetero) is 1. The highest BCUT2D eigenvalue weighted by Crippen LogP contribution is 2.24. The first kappa shape index (κ1) is 18.7. The van der Waals surface area contributed by atoms with Crippen LogP contribution in [-0.4, -0.2) is 41.6 Å². The van der Waals surface area contributed by atoms with Crippen molar-refractivity contribution < 1.29 is 23.9 Å². The number of hydrogen-bond acceptors (Lipinski definition) is 6. The van der Waals surface area contributed by atoms with Crippen LogP contribution < -0.4 is 0 Å². The third-order valence-corrected chi connectivity index (χ3v) is 5.01. The minimum atomic E-state index is -0.594. The average Bonchev–Trinajstić information content (AvgIpc) is 3.29. The van der Waals surface area contributed by atoms with Crippen molar-refractivity contribution in [3.63, 3.8) is 0 Å². The molecule has 27 heavy (non-hydrogen) atoms. The maximum atomic E-state index is 12.3. The van der Waals surface area contributed by atoms with E-state index in [1.54, 1.807) is 6.07 Å². The van der Waals surface area contributed by atoms with Crippen molar-refractivity contribution in [3.05, 3.63) is 69.9 Å². The first-order valence-electron chi connectivity index (χ1n) is 8.38. The number of rotatable bonds is 8. The summed E-state index contributed by atoms with van der Waals surface area (Å²) in [7, 11) is 0. The van der Waals surface area contributed by atoms with Gasteiger partial charge in [-0.15, -0.1) is 17.9 Å². The van der Waals surface area contributed by atoms with Gasteiger partial charge >= 0.3 is 5.97 Å². The number of benzene rings is 1. The van der Waals surface area contributed by atoms with E-state index in [0.29, 0.717) is 17.7 Å². The van der Waals surface area contributed by atoms with Gasteiger partial charge in [-0.1, -0.05) is 12.1 Å². The molecule has 0 saturated heterocycles. The molecular weight excluding hydrogens is 366 g/mol. The molecule has 1 aliphatic heterocycles. The lowest BCUT2D eigenvalue weighted by Gasteiger charge is -2.09. The van der Waals surface area contributed by atoms with E-state index in [4.69, 9.17) is 4.74 Å². The Bertz CT molecular complexity index is 916. The molecule has 2 heterocycles. The second-order valence-corrected chi connectivity index (χ2v) is 6.86. The SMILES string of the molecule is C=CCN1C(=O)c2ccc(C(=O)OCCCC(=O)c3cccs3)cc2C1=O. The number of amides is 2. The zero-order valence-corrected chi connectivity index (χ0v) is 15.3. The summed E-state index contributed by atoms with van der Waals surface area (Å²) < 4.78 is 5.18. The van der Waals surface area contributed by atoms with E-state index < -0.39 is 17.8 Å². The fraction of sp³-hybridized carbons (Fsp3) is 0.200. The highest BCUT2D eigenvalue weighted by molar-refractivity contribution is 7.12. The Morgan fingerprint density at radius 2 is 1.93 bits per heavy atom. The summed E-state index contributed by atoms with van der Waals surface area (Å²) in [5, 5.41) is 1.84. The van der Waals surface area contributed by atoms with Crippen LogP contribution >= 0.6 is 11.3 Å². The molecule has 0 atom stereocenters. The Hall–Kier alpha value is -3.06. The lowest BCUT2D eigenvalue weighted by Crippen LogP contribution is -2.29. The molecule has 0 fully saturated rings. The lowest BCUT2D eigenvalue weighted by atomic mass is 10.1. The zero-order valence-electron chi connectivity index (χ0n) is 14.5. The van der Waals surface area contributed by atoms with Gasteiger partial charge in [0.05, 0.1) is 28.2 Å². The van der Waals surface area contributed by atoms with Crippen LogP contribution in [0.25, 0.3) is 0 Å². The minimum absolute atomic E-state index is 0.0185. The molecule has 0 spiro atoms. The summed E-state index contributed by atoms with van der Waals surface area (Å²) in [6.45, 7) is 3.74. The quantitative estimate of drug-likeness (QED) is 0.230. The third-order valence-electron chi connectivity index (χ3n) is 4.10. The molecule has 0 bridgehead atoms. The predicted octanol–water partition coefficient (Wildman–Crippen LogP) is 3.35. The van der Waals surface area contributed by atoms with Crippen LogP contribution in [0, 0.1) is 0 Å². The highest BCUT2D eigenvalue weighted by atomic mass is 32.1. The van der Waals surface area contributed by atoms with Crippen LogP contribution in [0.2, 0.25) is 0 Å². The number of thiophene rings is 1. The average molecular weight is 383 g/mol. The van der Waals surface area contributed by atoms with Gasteiger partial charge in [0.1, 0.15) is 0 Å². The molecule has 6 nitrogen and oxygen atoms in total. The summed E-state index contributed by atoms with van der Waals surface area (Å²) in [4.78, 5) is 50.3. The number of fused-ring (bicyclic) bond motifs is 1. The Morgan fingerprint density at radius 3 is 2.63 bits per heavy atom. The summed E-state index contributed by atoms with van der Waals surface area (Å²) in [5.41, 5.74) is 0.643. The van der Waals surface area contributed by atoms with Gasteiger partial charge in [-0.3, -0.25) is 19.3 Å². The second kappa shape index (κ2) is 8.09. The van der Waals surface area contributed by atoms with Crippen molar-refractivity contribution in [1.29, 1.82) is 0 Å². The standard InChI is InChI=1S/C20H17NO5S/c1-2-9-21-18(23)14-8-7-13(12-15(14)19(21)24)20(25)26-10-3-5-16(22)17-6-4-11-27-17/h2,4,6-8,11-12H,1,3,5,9-10H2. The molecule has 138 valence electrons. The number of imide groups is 1. The molecule has 0 radical (unpaired) electrons. The van der Waals surface area contributed by atoms with Crippen LogP contribution in [0.15, 0.2) is 48.4 Å². The van der Waals surface area contributed by atoms with E-state index >= 15 is 0 Å². The van der Waals surface area contributed by atoms with Gasteiger partial charge < -0.3 is 4.74 Å². The largest absolute Gasteiger partial charge is 0.462 e. The molecule has 1 aromatic heterocycles. The van der Waals surface area contributed by atoms with Crippen molar-refractivity contribution in [3.8, 4) is 0 Å². The molecule has 0 N–H and O–H groups in total. The van der Waals surface area contributed by atoms with Gasteiger partial charge in [0.2, 0.25) is 0 Å². The van der Waals surface area contributed by atoms with E-state index in [0.717, 1.165) is 4.90 Å². The number of esters is 1. The fourth-order valence-electron chi connectivity index (χ4n) is 2.75. The molecule has 2 amide bonds. The molecular formula is C20H17NO5S. The van der Waals surface area contributed by atoms with Crippen molar-refractivity contribution in [2.24, 2.45) is 0 Å². The number of carbonyl (C=O) groups is 4. The molecule has 3 rings (SSSR count). The van der Waals surface area contributed by atoms with Gasteiger partial charge in [-0.05, 0) is 36.1 Å². The normalized spacial score (nSPS) is 12.8. The number of ether oxygens (including phenoxy) is 1. The van der Waals surface area contributed by atoms with E-state index in [1.165, 1.54) is 35.6 Å². The van der Waals surface area contributed by atoms with Gasteiger partial charge in [0, 0.05) is 13.0 Å². The molecule has 7 heteroatoms. The molecule has 1 aliphatic rings. The van der Waals surface area contributed by atoms with Gasteiger partial charge in [0.25, 0.3) is 11.8 Å². The second-order valence-electron chi connectivity index (χ2n) is 5.91. The lowest BCUT2D eigenvalue weighted by molar-refractivity contribution is 0.0494. The summed E-state index contributed by atoms with van der Waals surface area (Å²) in [6, 6.07) is 7.86. The molecule has 0 saturated carbocycles. The number of hydrogen-bond donors (Lipinski definition) is 0. The van der Waals surface area contributed by atoms with E-state index in [9.17, 15) is 19.2 Å². The Kier molecular flexibility index (Phi) is 5.61. The number of nitrogens with zero attached hydrogens (tertiary/aromatic N) is 1. The van der Waals surface area contributed by atoms with Crippen LogP contribution in [0.3, 0.4) is 0 Å². The van der Waals surface area contributed by atoms with Crippen molar-refractivity contribution in [2.75, 3.05) is 13.2 Å². The van der Waals surface area contributed by atoms with Crippen molar-refractivity contribution >= 4 is 34.9 Å². The Labute approximate surface area is 160 Å². The maximum Gasteiger partial charge on any atom is 0.338 e. The van der Waals surface area contributed by atoms with Gasteiger partial charge in [-0.2, -0.15) is 0 Å². The number of carbonyl (C=O) groups excluding carboxylic acids is 4. The van der Waals surface area contributed by atoms with Crippen LogP contribution in [0.1, 0.15) is 53.6 Å². The summed E-state index contributed by atoms with van der Waals surface area (Å²) in [6.07, 6.45) is 2.17. The monoisotopic (exact) mass is 383 g/mol. The third kappa shape index (κ3) is 3.88. The fourth-order valence-corrected chi connectivity index (χ4v) is 3.45. The molecule has 0 aliphatic carbocycles. The van der Waals surface area contributed by atoms with Crippen LogP contribution in [-0.2, 0) is 4.74 Å². The topological polar surface area (TPSA) is 80.8 Å². The Balaban J connectivity index is 1.57. The van der Waals surface area contributed by atoms with E-state index in [1.807, 2.05) is 11.4 Å². The van der Waals surface area contributed by atoms with Crippen molar-refractivity contribution in [1.82, 2.24) is 4.90 Å².